The maximum absolute atomic E-state index is 12.9. The van der Waals surface area contributed by atoms with Gasteiger partial charge in [0.1, 0.15) is 11.8 Å². The highest BCUT2D eigenvalue weighted by Gasteiger charge is 2.49. The fourth-order valence-corrected chi connectivity index (χ4v) is 4.22. The lowest BCUT2D eigenvalue weighted by molar-refractivity contribution is -0.141. The average molecular weight is 383 g/mol. The molecular formula is C21H19ClN2O3. The Hall–Kier alpha value is -2.66. The van der Waals surface area contributed by atoms with E-state index < -0.39 is 17.7 Å². The number of ketones is 1. The Morgan fingerprint density at radius 1 is 1.11 bits per heavy atom. The number of aliphatic hydroxyl groups is 1. The second-order valence-electron chi connectivity index (χ2n) is 6.91. The van der Waals surface area contributed by atoms with Crippen LogP contribution in [-0.2, 0) is 9.59 Å². The molecule has 4 rings (SSSR count). The van der Waals surface area contributed by atoms with Crippen molar-refractivity contribution in [3.05, 3.63) is 70.5 Å². The predicted molar refractivity (Wildman–Crippen MR) is 102 cm³/mol. The summed E-state index contributed by atoms with van der Waals surface area (Å²) >= 11 is 6.04. The van der Waals surface area contributed by atoms with Crippen molar-refractivity contribution in [3.63, 3.8) is 0 Å². The number of carbonyl (C=O) groups excluding carboxylic acids is 2. The van der Waals surface area contributed by atoms with Gasteiger partial charge in [0.15, 0.2) is 0 Å². The maximum Gasteiger partial charge on any atom is 0.295 e. The van der Waals surface area contributed by atoms with E-state index in [1.807, 2.05) is 6.07 Å². The number of Topliss-reactive ketones (excluding diaryl/α,β-unsaturated/α-hetero) is 1. The first-order chi connectivity index (χ1) is 13.1. The summed E-state index contributed by atoms with van der Waals surface area (Å²) in [6.45, 7) is 0. The van der Waals surface area contributed by atoms with Crippen LogP contribution in [0.4, 0.5) is 0 Å². The summed E-state index contributed by atoms with van der Waals surface area (Å²) in [6.07, 6.45) is 5.39. The molecule has 0 spiro atoms. The molecule has 1 saturated carbocycles. The summed E-state index contributed by atoms with van der Waals surface area (Å²) in [5.74, 6) is -1.46. The number of pyridine rings is 1. The third-order valence-electron chi connectivity index (χ3n) is 5.26. The van der Waals surface area contributed by atoms with Crippen molar-refractivity contribution >= 4 is 29.1 Å². The highest BCUT2D eigenvalue weighted by Crippen LogP contribution is 2.42. The minimum Gasteiger partial charge on any atom is -0.507 e. The van der Waals surface area contributed by atoms with Gasteiger partial charge < -0.3 is 10.0 Å². The highest BCUT2D eigenvalue weighted by atomic mass is 35.5. The number of hydrogen-bond acceptors (Lipinski definition) is 4. The molecule has 1 aliphatic carbocycles. The zero-order valence-electron chi connectivity index (χ0n) is 14.6. The summed E-state index contributed by atoms with van der Waals surface area (Å²) in [4.78, 5) is 31.7. The van der Waals surface area contributed by atoms with Crippen LogP contribution in [0.15, 0.2) is 54.2 Å². The fourth-order valence-electron chi connectivity index (χ4n) is 4.03. The number of likely N-dealkylation sites (tertiary alicyclic amines) is 1. The van der Waals surface area contributed by atoms with Crippen molar-refractivity contribution in [1.82, 2.24) is 9.88 Å². The van der Waals surface area contributed by atoms with Gasteiger partial charge in [0.05, 0.1) is 11.3 Å². The average Bonchev–Trinajstić information content (AvgIpc) is 3.29. The quantitative estimate of drug-likeness (QED) is 0.493. The Labute approximate surface area is 162 Å². The third-order valence-corrected chi connectivity index (χ3v) is 5.50. The minimum atomic E-state index is -0.687. The molecule has 1 amide bonds. The largest absolute Gasteiger partial charge is 0.507 e. The number of hydrogen-bond donors (Lipinski definition) is 1. The van der Waals surface area contributed by atoms with Crippen LogP contribution in [0.25, 0.3) is 5.76 Å². The molecule has 1 atom stereocenters. The van der Waals surface area contributed by atoms with Gasteiger partial charge in [-0.25, -0.2) is 0 Å². The number of aliphatic hydroxyl groups excluding tert-OH is 1. The molecule has 0 bridgehead atoms. The van der Waals surface area contributed by atoms with Crippen molar-refractivity contribution < 1.29 is 14.7 Å². The Balaban J connectivity index is 1.89. The Morgan fingerprint density at radius 2 is 1.89 bits per heavy atom. The molecule has 138 valence electrons. The molecule has 1 unspecified atom stereocenters. The molecule has 1 N–H and O–H groups in total. The molecule has 2 aliphatic rings. The normalized spacial score (nSPS) is 22.6. The van der Waals surface area contributed by atoms with Gasteiger partial charge in [-0.2, -0.15) is 0 Å². The number of amides is 1. The summed E-state index contributed by atoms with van der Waals surface area (Å²) in [6, 6.07) is 11.3. The predicted octanol–water partition coefficient (Wildman–Crippen LogP) is 4.10. The fraction of sp³-hybridized carbons (Fsp3) is 0.286. The molecular weight excluding hydrogens is 364 g/mol. The summed E-state index contributed by atoms with van der Waals surface area (Å²) in [5.41, 5.74) is 1.06. The van der Waals surface area contributed by atoms with E-state index >= 15 is 0 Å². The number of nitrogens with zero attached hydrogens (tertiary/aromatic N) is 2. The number of aromatic nitrogens is 1. The molecule has 0 radical (unpaired) electrons. The SMILES string of the molecule is O=C1C(=O)N(C2CCCC2)C(c2ccccn2)/C1=C(/O)c1cccc(Cl)c1. The van der Waals surface area contributed by atoms with Crippen molar-refractivity contribution in [2.45, 2.75) is 37.8 Å². The Kier molecular flexibility index (Phi) is 4.70. The number of halogens is 1. The van der Waals surface area contributed by atoms with Crippen molar-refractivity contribution in [3.8, 4) is 0 Å². The van der Waals surface area contributed by atoms with E-state index in [1.54, 1.807) is 47.5 Å². The van der Waals surface area contributed by atoms with Gasteiger partial charge in [-0.1, -0.05) is 42.6 Å². The summed E-state index contributed by atoms with van der Waals surface area (Å²) < 4.78 is 0. The van der Waals surface area contributed by atoms with E-state index in [2.05, 4.69) is 4.98 Å². The smallest absolute Gasteiger partial charge is 0.295 e. The van der Waals surface area contributed by atoms with Crippen LogP contribution < -0.4 is 0 Å². The highest BCUT2D eigenvalue weighted by molar-refractivity contribution is 6.46. The van der Waals surface area contributed by atoms with Crippen molar-refractivity contribution in [2.24, 2.45) is 0 Å². The van der Waals surface area contributed by atoms with Gasteiger partial charge in [-0.3, -0.25) is 14.6 Å². The number of rotatable bonds is 3. The lowest BCUT2D eigenvalue weighted by Crippen LogP contribution is -2.37. The molecule has 2 aromatic rings. The van der Waals surface area contributed by atoms with E-state index in [9.17, 15) is 14.7 Å². The van der Waals surface area contributed by atoms with Crippen LogP contribution in [0.5, 0.6) is 0 Å². The monoisotopic (exact) mass is 382 g/mol. The summed E-state index contributed by atoms with van der Waals surface area (Å²) in [5, 5.41) is 11.4. The topological polar surface area (TPSA) is 70.5 Å². The van der Waals surface area contributed by atoms with Crippen molar-refractivity contribution in [1.29, 1.82) is 0 Å². The van der Waals surface area contributed by atoms with Crippen LogP contribution >= 0.6 is 11.6 Å². The first kappa shape index (κ1) is 17.7. The molecule has 1 saturated heterocycles. The second-order valence-corrected chi connectivity index (χ2v) is 7.35. The summed E-state index contributed by atoms with van der Waals surface area (Å²) in [7, 11) is 0. The van der Waals surface area contributed by atoms with Crippen LogP contribution in [0.2, 0.25) is 5.02 Å². The van der Waals surface area contributed by atoms with E-state index in [4.69, 9.17) is 11.6 Å². The Bertz CT molecular complexity index is 920. The zero-order valence-corrected chi connectivity index (χ0v) is 15.4. The first-order valence-electron chi connectivity index (χ1n) is 9.05. The van der Waals surface area contributed by atoms with E-state index in [-0.39, 0.29) is 17.4 Å². The standard InChI is InChI=1S/C21H19ClN2O3/c22-14-7-5-6-13(12-14)19(25)17-18(16-10-3-4-11-23-16)24(21(27)20(17)26)15-8-1-2-9-15/h3-7,10-12,15,18,25H,1-2,8-9H2/b19-17-. The van der Waals surface area contributed by atoms with E-state index in [0.29, 0.717) is 16.3 Å². The molecule has 1 aromatic carbocycles. The van der Waals surface area contributed by atoms with E-state index in [1.165, 1.54) is 0 Å². The van der Waals surface area contributed by atoms with Crippen LogP contribution in [0.1, 0.15) is 43.0 Å². The van der Waals surface area contributed by atoms with Gasteiger partial charge in [-0.05, 0) is 37.1 Å². The number of benzene rings is 1. The van der Waals surface area contributed by atoms with Gasteiger partial charge >= 0.3 is 0 Å². The molecule has 2 fully saturated rings. The minimum absolute atomic E-state index is 0.0156. The molecule has 5 nitrogen and oxygen atoms in total. The second kappa shape index (κ2) is 7.16. The van der Waals surface area contributed by atoms with Gasteiger partial charge in [0.2, 0.25) is 0 Å². The third kappa shape index (κ3) is 3.12. The van der Waals surface area contributed by atoms with Gasteiger partial charge in [0.25, 0.3) is 11.7 Å². The van der Waals surface area contributed by atoms with E-state index in [0.717, 1.165) is 25.7 Å². The van der Waals surface area contributed by atoms with Gasteiger partial charge in [0, 0.05) is 22.8 Å². The van der Waals surface area contributed by atoms with Crippen LogP contribution in [0.3, 0.4) is 0 Å². The molecule has 2 heterocycles. The molecule has 27 heavy (non-hydrogen) atoms. The molecule has 1 aliphatic heterocycles. The van der Waals surface area contributed by atoms with Gasteiger partial charge in [-0.15, -0.1) is 0 Å². The lowest BCUT2D eigenvalue weighted by atomic mass is 9.97. The maximum atomic E-state index is 12.9. The van der Waals surface area contributed by atoms with Crippen molar-refractivity contribution in [2.75, 3.05) is 0 Å². The first-order valence-corrected chi connectivity index (χ1v) is 9.42. The zero-order chi connectivity index (χ0) is 19.0. The molecule has 6 heteroatoms. The lowest BCUT2D eigenvalue weighted by Gasteiger charge is -2.30. The number of carbonyl (C=O) groups is 2. The molecule has 1 aromatic heterocycles. The van der Waals surface area contributed by atoms with Crippen LogP contribution in [0, 0.1) is 0 Å². The van der Waals surface area contributed by atoms with Crippen LogP contribution in [-0.4, -0.2) is 32.7 Å². The Morgan fingerprint density at radius 3 is 2.56 bits per heavy atom.